The average molecular weight is 462 g/mol. The molecule has 34 heavy (non-hydrogen) atoms. The predicted octanol–water partition coefficient (Wildman–Crippen LogP) is 4.24. The molecule has 1 N–H and O–H groups in total. The van der Waals surface area contributed by atoms with E-state index < -0.39 is 0 Å². The molecule has 1 amide bonds. The first-order chi connectivity index (χ1) is 16.2. The van der Waals surface area contributed by atoms with Crippen LogP contribution >= 0.6 is 0 Å². The summed E-state index contributed by atoms with van der Waals surface area (Å²) in [5.74, 6) is 0.449. The quantitative estimate of drug-likeness (QED) is 0.424. The minimum absolute atomic E-state index is 0.0938. The minimum atomic E-state index is -0.303. The van der Waals surface area contributed by atoms with Crippen LogP contribution in [0.25, 0.3) is 0 Å². The molecule has 0 radical (unpaired) electrons. The van der Waals surface area contributed by atoms with Crippen molar-refractivity contribution < 1.29 is 9.53 Å². The second-order valence-corrected chi connectivity index (χ2v) is 9.24. The Balaban J connectivity index is 1.31. The van der Waals surface area contributed by atoms with Crippen molar-refractivity contribution in [1.82, 2.24) is 29.3 Å². The molecule has 9 nitrogen and oxygen atoms in total. The van der Waals surface area contributed by atoms with E-state index in [9.17, 15) is 4.79 Å². The molecule has 0 spiro atoms. The first kappa shape index (κ1) is 23.3. The van der Waals surface area contributed by atoms with Crippen LogP contribution in [0.2, 0.25) is 0 Å². The number of amides is 1. The Hall–Kier alpha value is -3.88. The van der Waals surface area contributed by atoms with E-state index in [4.69, 9.17) is 4.74 Å². The topological polar surface area (TPSA) is 91.8 Å². The third kappa shape index (κ3) is 5.36. The highest BCUT2D eigenvalue weighted by Crippen LogP contribution is 2.24. The molecular formula is C25H31N7O2. The van der Waals surface area contributed by atoms with Crippen LogP contribution in [-0.4, -0.2) is 35.2 Å². The van der Waals surface area contributed by atoms with Crippen LogP contribution in [0.15, 0.2) is 55.1 Å². The number of carbonyl (C=O) groups is 1. The Labute approximate surface area is 199 Å². The maximum absolute atomic E-state index is 12.6. The van der Waals surface area contributed by atoms with Crippen molar-refractivity contribution in [2.45, 2.75) is 59.9 Å². The lowest BCUT2D eigenvalue weighted by Gasteiger charge is -2.19. The van der Waals surface area contributed by atoms with Gasteiger partial charge in [0, 0.05) is 30.2 Å². The molecule has 0 aliphatic rings. The third-order valence-electron chi connectivity index (χ3n) is 5.68. The van der Waals surface area contributed by atoms with Gasteiger partial charge in [0.15, 0.2) is 12.4 Å². The normalized spacial score (nSPS) is 11.6. The van der Waals surface area contributed by atoms with Crippen molar-refractivity contribution in [1.29, 1.82) is 0 Å². The zero-order valence-electron chi connectivity index (χ0n) is 20.3. The number of aryl methyl sites for hydroxylation is 1. The number of nitrogens with zero attached hydrogens (tertiary/aromatic N) is 6. The zero-order chi connectivity index (χ0) is 24.3. The van der Waals surface area contributed by atoms with E-state index in [1.165, 1.54) is 5.56 Å². The van der Waals surface area contributed by atoms with Crippen LogP contribution in [0.5, 0.6) is 5.75 Å². The molecule has 178 valence electrons. The standard InChI is InChI=1S/C25H31N7O2/c1-6-32-18(2)19(13-27-32)15-31-16-21(14-26-31)28-24(33)23-11-12-30(29-23)17-34-22-9-7-20(8-10-22)25(3,4)5/h7-14,16H,6,15,17H2,1-5H3,(H,28,33). The SMILES string of the molecule is CCn1ncc(Cn2cc(NC(=O)c3ccn(COc4ccc(C(C)(C)C)cc4)n3)cn2)c1C. The van der Waals surface area contributed by atoms with Gasteiger partial charge in [0.05, 0.1) is 24.6 Å². The average Bonchev–Trinajstić information content (AvgIpc) is 3.53. The van der Waals surface area contributed by atoms with E-state index in [2.05, 4.69) is 60.4 Å². The van der Waals surface area contributed by atoms with E-state index in [0.717, 1.165) is 23.6 Å². The number of aromatic nitrogens is 6. The van der Waals surface area contributed by atoms with Gasteiger partial charge in [-0.3, -0.25) is 14.2 Å². The lowest BCUT2D eigenvalue weighted by molar-refractivity contribution is 0.102. The Morgan fingerprint density at radius 1 is 1.06 bits per heavy atom. The molecule has 4 rings (SSSR count). The molecule has 0 bridgehead atoms. The fourth-order valence-corrected chi connectivity index (χ4v) is 3.59. The van der Waals surface area contributed by atoms with Gasteiger partial charge in [-0.25, -0.2) is 4.68 Å². The number of hydrogen-bond donors (Lipinski definition) is 1. The van der Waals surface area contributed by atoms with E-state index in [-0.39, 0.29) is 18.1 Å². The molecule has 0 aliphatic heterocycles. The number of nitrogens with one attached hydrogen (secondary N) is 1. The van der Waals surface area contributed by atoms with E-state index in [1.807, 2.05) is 29.9 Å². The summed E-state index contributed by atoms with van der Waals surface area (Å²) in [5.41, 5.74) is 4.45. The van der Waals surface area contributed by atoms with E-state index >= 15 is 0 Å². The molecule has 0 saturated carbocycles. The van der Waals surface area contributed by atoms with Gasteiger partial charge in [0.2, 0.25) is 0 Å². The Morgan fingerprint density at radius 3 is 2.50 bits per heavy atom. The lowest BCUT2D eigenvalue weighted by Crippen LogP contribution is -2.14. The van der Waals surface area contributed by atoms with Crippen LogP contribution in [0.1, 0.15) is 55.0 Å². The molecule has 4 aromatic rings. The summed E-state index contributed by atoms with van der Waals surface area (Å²) in [4.78, 5) is 12.6. The molecular weight excluding hydrogens is 430 g/mol. The van der Waals surface area contributed by atoms with Gasteiger partial charge in [-0.15, -0.1) is 0 Å². The van der Waals surface area contributed by atoms with E-state index in [0.29, 0.717) is 17.9 Å². The van der Waals surface area contributed by atoms with Gasteiger partial charge in [-0.2, -0.15) is 15.3 Å². The van der Waals surface area contributed by atoms with Crippen molar-refractivity contribution in [3.63, 3.8) is 0 Å². The van der Waals surface area contributed by atoms with Crippen LogP contribution in [0, 0.1) is 6.92 Å². The number of benzene rings is 1. The second-order valence-electron chi connectivity index (χ2n) is 9.24. The molecule has 3 heterocycles. The summed E-state index contributed by atoms with van der Waals surface area (Å²) in [5, 5.41) is 15.9. The number of carbonyl (C=O) groups excluding carboxylic acids is 1. The first-order valence-electron chi connectivity index (χ1n) is 11.3. The highest BCUT2D eigenvalue weighted by atomic mass is 16.5. The molecule has 1 aromatic carbocycles. The number of rotatable bonds is 8. The Bertz CT molecular complexity index is 1260. The number of anilines is 1. The predicted molar refractivity (Wildman–Crippen MR) is 130 cm³/mol. The van der Waals surface area contributed by atoms with Crippen LogP contribution < -0.4 is 10.1 Å². The summed E-state index contributed by atoms with van der Waals surface area (Å²) in [7, 11) is 0. The van der Waals surface area contributed by atoms with Gasteiger partial charge in [-0.05, 0) is 43.0 Å². The van der Waals surface area contributed by atoms with E-state index in [1.54, 1.807) is 34.0 Å². The third-order valence-corrected chi connectivity index (χ3v) is 5.68. The maximum Gasteiger partial charge on any atom is 0.276 e. The van der Waals surface area contributed by atoms with Crippen LogP contribution in [0.3, 0.4) is 0 Å². The summed E-state index contributed by atoms with van der Waals surface area (Å²) in [6, 6.07) is 9.69. The molecule has 0 atom stereocenters. The van der Waals surface area contributed by atoms with Gasteiger partial charge < -0.3 is 10.1 Å². The van der Waals surface area contributed by atoms with Gasteiger partial charge >= 0.3 is 0 Å². The monoisotopic (exact) mass is 461 g/mol. The highest BCUT2D eigenvalue weighted by molar-refractivity contribution is 6.02. The fraction of sp³-hybridized carbons (Fsp3) is 0.360. The highest BCUT2D eigenvalue weighted by Gasteiger charge is 2.14. The van der Waals surface area contributed by atoms with Crippen molar-refractivity contribution >= 4 is 11.6 Å². The smallest absolute Gasteiger partial charge is 0.276 e. The summed E-state index contributed by atoms with van der Waals surface area (Å²) in [6.07, 6.45) is 6.99. The summed E-state index contributed by atoms with van der Waals surface area (Å²) < 4.78 is 11.1. The van der Waals surface area contributed by atoms with Crippen molar-refractivity contribution in [3.05, 3.63) is 77.6 Å². The molecule has 0 saturated heterocycles. The molecule has 3 aromatic heterocycles. The summed E-state index contributed by atoms with van der Waals surface area (Å²) in [6.45, 7) is 12.2. The number of hydrogen-bond acceptors (Lipinski definition) is 5. The number of ether oxygens (including phenoxy) is 1. The molecule has 9 heteroatoms. The minimum Gasteiger partial charge on any atom is -0.471 e. The zero-order valence-corrected chi connectivity index (χ0v) is 20.3. The second kappa shape index (κ2) is 9.54. The largest absolute Gasteiger partial charge is 0.471 e. The van der Waals surface area contributed by atoms with Gasteiger partial charge in [0.1, 0.15) is 5.75 Å². The maximum atomic E-state index is 12.6. The summed E-state index contributed by atoms with van der Waals surface area (Å²) >= 11 is 0. The van der Waals surface area contributed by atoms with Gasteiger partial charge in [0.25, 0.3) is 5.91 Å². The van der Waals surface area contributed by atoms with Crippen molar-refractivity contribution in [3.8, 4) is 5.75 Å². The molecule has 0 aliphatic carbocycles. The van der Waals surface area contributed by atoms with Gasteiger partial charge in [-0.1, -0.05) is 32.9 Å². The Morgan fingerprint density at radius 2 is 1.82 bits per heavy atom. The van der Waals surface area contributed by atoms with Crippen LogP contribution in [0.4, 0.5) is 5.69 Å². The molecule has 0 fully saturated rings. The Kier molecular flexibility index (Phi) is 6.54. The van der Waals surface area contributed by atoms with Crippen molar-refractivity contribution in [2.24, 2.45) is 0 Å². The lowest BCUT2D eigenvalue weighted by atomic mass is 9.87. The van der Waals surface area contributed by atoms with Crippen molar-refractivity contribution in [2.75, 3.05) is 5.32 Å². The fourth-order valence-electron chi connectivity index (χ4n) is 3.59. The van der Waals surface area contributed by atoms with Crippen LogP contribution in [-0.2, 0) is 25.2 Å². The molecule has 0 unspecified atom stereocenters. The first-order valence-corrected chi connectivity index (χ1v) is 11.3.